The minimum absolute atomic E-state index is 0.187. The van der Waals surface area contributed by atoms with Crippen molar-refractivity contribution in [3.05, 3.63) is 28.2 Å². The van der Waals surface area contributed by atoms with Crippen LogP contribution in [-0.4, -0.2) is 38.5 Å². The third-order valence-electron chi connectivity index (χ3n) is 2.58. The molecule has 6 nitrogen and oxygen atoms in total. The van der Waals surface area contributed by atoms with E-state index in [2.05, 4.69) is 15.5 Å². The number of carbonyl (C=O) groups is 1. The monoisotopic (exact) mass is 347 g/mol. The zero-order valence-corrected chi connectivity index (χ0v) is 13.1. The lowest BCUT2D eigenvalue weighted by Crippen LogP contribution is -2.41. The van der Waals surface area contributed by atoms with Gasteiger partial charge in [0.1, 0.15) is 5.01 Å². The molecule has 0 aliphatic carbocycles. The predicted molar refractivity (Wildman–Crippen MR) is 82.1 cm³/mol. The average molecular weight is 348 g/mol. The van der Waals surface area contributed by atoms with Crippen molar-refractivity contribution in [3.63, 3.8) is 0 Å². The number of benzene rings is 1. The van der Waals surface area contributed by atoms with Crippen LogP contribution in [0.5, 0.6) is 0 Å². The molecule has 0 saturated carbocycles. The number of carboxylic acid groups (broad SMARTS) is 1. The van der Waals surface area contributed by atoms with Gasteiger partial charge < -0.3 is 15.5 Å². The number of hydrogen-bond donors (Lipinski definition) is 3. The number of nitrogens with zero attached hydrogens (tertiary/aromatic N) is 2. The molecule has 2 aromatic rings. The van der Waals surface area contributed by atoms with Crippen LogP contribution in [0.15, 0.2) is 18.2 Å². The fraction of sp³-hybridized carbons (Fsp3) is 0.250. The number of nitrogens with one attached hydrogen (secondary N) is 1. The largest absolute Gasteiger partial charge is 0.479 e. The minimum atomic E-state index is -1.88. The third kappa shape index (κ3) is 4.04. The average Bonchev–Trinajstić information content (AvgIpc) is 2.84. The van der Waals surface area contributed by atoms with Crippen molar-refractivity contribution in [2.75, 3.05) is 11.9 Å². The molecule has 0 aliphatic rings. The van der Waals surface area contributed by atoms with Gasteiger partial charge in [0.05, 0.1) is 6.54 Å². The van der Waals surface area contributed by atoms with Crippen molar-refractivity contribution in [1.82, 2.24) is 10.2 Å². The smallest absolute Gasteiger partial charge is 0.337 e. The first-order chi connectivity index (χ1) is 9.78. The highest BCUT2D eigenvalue weighted by Gasteiger charge is 2.29. The summed E-state index contributed by atoms with van der Waals surface area (Å²) in [5.74, 6) is -1.32. The summed E-state index contributed by atoms with van der Waals surface area (Å²) < 4.78 is 0. The van der Waals surface area contributed by atoms with Crippen LogP contribution in [0.4, 0.5) is 5.13 Å². The molecule has 0 fully saturated rings. The number of aromatic nitrogens is 2. The Morgan fingerprint density at radius 2 is 1.95 bits per heavy atom. The Balaban J connectivity index is 2.13. The normalized spacial score (nSPS) is 13.7. The summed E-state index contributed by atoms with van der Waals surface area (Å²) in [7, 11) is 0. The minimum Gasteiger partial charge on any atom is -0.479 e. The zero-order valence-electron chi connectivity index (χ0n) is 10.8. The van der Waals surface area contributed by atoms with E-state index in [0.29, 0.717) is 25.7 Å². The van der Waals surface area contributed by atoms with E-state index < -0.39 is 11.6 Å². The van der Waals surface area contributed by atoms with E-state index in [1.54, 1.807) is 18.2 Å². The second-order valence-electron chi connectivity index (χ2n) is 4.50. The van der Waals surface area contributed by atoms with Crippen molar-refractivity contribution in [3.8, 4) is 10.6 Å². The summed E-state index contributed by atoms with van der Waals surface area (Å²) in [4.78, 5) is 10.8. The fourth-order valence-corrected chi connectivity index (χ4v) is 2.66. The maximum Gasteiger partial charge on any atom is 0.337 e. The SMILES string of the molecule is CC(O)(CNc1nnc(-c2cc(Cl)cc(Cl)c2)s1)C(=O)O. The number of carboxylic acids is 1. The van der Waals surface area contributed by atoms with Crippen LogP contribution < -0.4 is 5.32 Å². The third-order valence-corrected chi connectivity index (χ3v) is 3.95. The predicted octanol–water partition coefficient (Wildman–Crippen LogP) is 2.76. The number of anilines is 1. The van der Waals surface area contributed by atoms with Crippen molar-refractivity contribution in [2.24, 2.45) is 0 Å². The maximum atomic E-state index is 10.8. The highest BCUT2D eigenvalue weighted by atomic mass is 35.5. The van der Waals surface area contributed by atoms with Crippen LogP contribution in [0.25, 0.3) is 10.6 Å². The van der Waals surface area contributed by atoms with Crippen molar-refractivity contribution in [2.45, 2.75) is 12.5 Å². The van der Waals surface area contributed by atoms with E-state index in [9.17, 15) is 9.90 Å². The first-order valence-corrected chi connectivity index (χ1v) is 7.35. The Morgan fingerprint density at radius 1 is 1.33 bits per heavy atom. The molecule has 2 rings (SSSR count). The van der Waals surface area contributed by atoms with Crippen LogP contribution in [0.3, 0.4) is 0 Å². The Hall–Kier alpha value is -1.41. The maximum absolute atomic E-state index is 10.8. The van der Waals surface area contributed by atoms with Gasteiger partial charge in [0.25, 0.3) is 0 Å². The molecule has 9 heteroatoms. The molecular formula is C12H11Cl2N3O3S. The van der Waals surface area contributed by atoms with Crippen molar-refractivity contribution >= 4 is 45.6 Å². The van der Waals surface area contributed by atoms with Gasteiger partial charge in [0.15, 0.2) is 5.60 Å². The van der Waals surface area contributed by atoms with E-state index in [-0.39, 0.29) is 6.54 Å². The molecule has 112 valence electrons. The molecule has 1 aromatic heterocycles. The summed E-state index contributed by atoms with van der Waals surface area (Å²) in [5, 5.41) is 30.9. The lowest BCUT2D eigenvalue weighted by atomic mass is 10.1. The number of aliphatic carboxylic acids is 1. The molecule has 1 atom stereocenters. The highest BCUT2D eigenvalue weighted by molar-refractivity contribution is 7.18. The number of aliphatic hydroxyl groups is 1. The van der Waals surface area contributed by atoms with Gasteiger partial charge in [-0.1, -0.05) is 34.5 Å². The molecule has 0 aliphatic heterocycles. The second kappa shape index (κ2) is 6.15. The van der Waals surface area contributed by atoms with Crippen LogP contribution in [-0.2, 0) is 4.79 Å². The lowest BCUT2D eigenvalue weighted by Gasteiger charge is -2.17. The van der Waals surface area contributed by atoms with E-state index in [1.807, 2.05) is 0 Å². The molecule has 0 radical (unpaired) electrons. The van der Waals surface area contributed by atoms with Crippen LogP contribution >= 0.6 is 34.5 Å². The molecule has 0 saturated heterocycles. The van der Waals surface area contributed by atoms with Crippen molar-refractivity contribution < 1.29 is 15.0 Å². The van der Waals surface area contributed by atoms with E-state index in [1.165, 1.54) is 18.3 Å². The molecule has 0 bridgehead atoms. The zero-order chi connectivity index (χ0) is 15.6. The van der Waals surface area contributed by atoms with Gasteiger partial charge in [0, 0.05) is 15.6 Å². The van der Waals surface area contributed by atoms with Crippen LogP contribution in [0, 0.1) is 0 Å². The molecule has 21 heavy (non-hydrogen) atoms. The molecule has 1 unspecified atom stereocenters. The lowest BCUT2D eigenvalue weighted by molar-refractivity contribution is -0.155. The molecule has 1 aromatic carbocycles. The van der Waals surface area contributed by atoms with Gasteiger partial charge >= 0.3 is 5.97 Å². The van der Waals surface area contributed by atoms with Crippen molar-refractivity contribution in [1.29, 1.82) is 0 Å². The number of hydrogen-bond acceptors (Lipinski definition) is 6. The van der Waals surface area contributed by atoms with E-state index in [4.69, 9.17) is 28.3 Å². The van der Waals surface area contributed by atoms with Gasteiger partial charge in [-0.05, 0) is 25.1 Å². The Labute approximate surface area is 134 Å². The number of rotatable bonds is 5. The number of halogens is 2. The highest BCUT2D eigenvalue weighted by Crippen LogP contribution is 2.30. The topological polar surface area (TPSA) is 95.3 Å². The molecule has 1 heterocycles. The second-order valence-corrected chi connectivity index (χ2v) is 6.35. The summed E-state index contributed by atoms with van der Waals surface area (Å²) in [6, 6.07) is 5.01. The standard InChI is InChI=1S/C12H11Cl2N3O3S/c1-12(20,10(18)19)5-15-11-17-16-9(21-11)6-2-7(13)4-8(14)3-6/h2-4,20H,5H2,1H3,(H,15,17)(H,18,19). The Kier molecular flexibility index (Phi) is 4.67. The molecular weight excluding hydrogens is 337 g/mol. The summed E-state index contributed by atoms with van der Waals surface area (Å²) in [6.07, 6.45) is 0. The Morgan fingerprint density at radius 3 is 2.52 bits per heavy atom. The first-order valence-electron chi connectivity index (χ1n) is 5.77. The van der Waals surface area contributed by atoms with Gasteiger partial charge in [-0.3, -0.25) is 0 Å². The Bertz CT molecular complexity index is 655. The van der Waals surface area contributed by atoms with Crippen LogP contribution in [0.1, 0.15) is 6.92 Å². The molecule has 0 spiro atoms. The van der Waals surface area contributed by atoms with Crippen LogP contribution in [0.2, 0.25) is 10.0 Å². The fourth-order valence-electron chi connectivity index (χ4n) is 1.41. The molecule has 0 amide bonds. The first kappa shape index (κ1) is 16.0. The molecule has 3 N–H and O–H groups in total. The quantitative estimate of drug-likeness (QED) is 0.769. The summed E-state index contributed by atoms with van der Waals surface area (Å²) in [6.45, 7) is 1.01. The van der Waals surface area contributed by atoms with E-state index >= 15 is 0 Å². The van der Waals surface area contributed by atoms with Gasteiger partial charge in [-0.15, -0.1) is 10.2 Å². The van der Waals surface area contributed by atoms with Gasteiger partial charge in [-0.25, -0.2) is 4.79 Å². The van der Waals surface area contributed by atoms with E-state index in [0.717, 1.165) is 0 Å². The summed E-state index contributed by atoms with van der Waals surface area (Å²) >= 11 is 13.0. The van der Waals surface area contributed by atoms with Gasteiger partial charge in [-0.2, -0.15) is 0 Å². The summed E-state index contributed by atoms with van der Waals surface area (Å²) in [5.41, 5.74) is -1.17. The van der Waals surface area contributed by atoms with Gasteiger partial charge in [0.2, 0.25) is 5.13 Å².